The van der Waals surface area contributed by atoms with E-state index in [-0.39, 0.29) is 12.2 Å². The normalized spacial score (nSPS) is 10.4. The van der Waals surface area contributed by atoms with Crippen molar-refractivity contribution < 1.29 is 14.3 Å². The minimum Gasteiger partial charge on any atom is -0.356 e. The predicted molar refractivity (Wildman–Crippen MR) is 45.7 cm³/mol. The number of amides is 1. The molecule has 0 bridgehead atoms. The Balaban J connectivity index is 3.58. The first kappa shape index (κ1) is 11.4. The molecule has 0 saturated carbocycles. The van der Waals surface area contributed by atoms with E-state index in [9.17, 15) is 4.79 Å². The zero-order chi connectivity index (χ0) is 9.56. The van der Waals surface area contributed by atoms with Crippen molar-refractivity contribution in [2.75, 3.05) is 27.8 Å². The number of hydrogen-bond acceptors (Lipinski definition) is 3. The van der Waals surface area contributed by atoms with Gasteiger partial charge in [0.25, 0.3) is 0 Å². The van der Waals surface area contributed by atoms with Gasteiger partial charge in [-0.3, -0.25) is 4.79 Å². The minimum atomic E-state index is -0.216. The molecule has 0 aliphatic heterocycles. The van der Waals surface area contributed by atoms with Gasteiger partial charge in [0.05, 0.1) is 0 Å². The first-order chi connectivity index (χ1) is 5.61. The maximum Gasteiger partial charge on any atom is 0.219 e. The van der Waals surface area contributed by atoms with E-state index in [1.165, 1.54) is 6.92 Å². The van der Waals surface area contributed by atoms with E-state index in [1.807, 2.05) is 0 Å². The number of carbonyl (C=O) groups excluding carboxylic acids is 1. The van der Waals surface area contributed by atoms with Crippen LogP contribution < -0.4 is 0 Å². The van der Waals surface area contributed by atoms with Crippen molar-refractivity contribution in [3.05, 3.63) is 0 Å². The van der Waals surface area contributed by atoms with E-state index in [0.717, 1.165) is 0 Å². The standard InChI is InChI=1S/C8H17NO3/c1-7(10)9(2)6-5-8(11-3)12-4/h8H,5-6H2,1-4H3. The van der Waals surface area contributed by atoms with Crippen LogP contribution in [-0.4, -0.2) is 44.9 Å². The monoisotopic (exact) mass is 175 g/mol. The molecular weight excluding hydrogens is 158 g/mol. The van der Waals surface area contributed by atoms with Gasteiger partial charge in [0.15, 0.2) is 6.29 Å². The average Bonchev–Trinajstić information content (AvgIpc) is 2.05. The van der Waals surface area contributed by atoms with E-state index < -0.39 is 0 Å². The Morgan fingerprint density at radius 2 is 1.92 bits per heavy atom. The summed E-state index contributed by atoms with van der Waals surface area (Å²) in [7, 11) is 4.93. The third-order valence-corrected chi connectivity index (χ3v) is 1.76. The summed E-state index contributed by atoms with van der Waals surface area (Å²) in [5.41, 5.74) is 0. The number of ether oxygens (including phenoxy) is 2. The van der Waals surface area contributed by atoms with Crippen LogP contribution in [0, 0.1) is 0 Å². The molecule has 0 radical (unpaired) electrons. The maximum absolute atomic E-state index is 10.8. The lowest BCUT2D eigenvalue weighted by molar-refractivity contribution is -0.131. The zero-order valence-corrected chi connectivity index (χ0v) is 8.16. The van der Waals surface area contributed by atoms with Crippen molar-refractivity contribution in [3.63, 3.8) is 0 Å². The van der Waals surface area contributed by atoms with Crippen molar-refractivity contribution in [1.82, 2.24) is 4.90 Å². The Hall–Kier alpha value is -0.610. The van der Waals surface area contributed by atoms with Crippen LogP contribution in [0.1, 0.15) is 13.3 Å². The molecule has 1 amide bonds. The maximum atomic E-state index is 10.8. The smallest absolute Gasteiger partial charge is 0.219 e. The Bertz CT molecular complexity index is 134. The molecule has 0 aliphatic rings. The van der Waals surface area contributed by atoms with Gasteiger partial charge < -0.3 is 14.4 Å². The first-order valence-electron chi connectivity index (χ1n) is 3.89. The third kappa shape index (κ3) is 4.31. The number of carbonyl (C=O) groups is 1. The number of rotatable bonds is 5. The summed E-state index contributed by atoms with van der Waals surface area (Å²) in [6.07, 6.45) is 0.482. The highest BCUT2D eigenvalue weighted by atomic mass is 16.7. The lowest BCUT2D eigenvalue weighted by Gasteiger charge is -2.18. The van der Waals surface area contributed by atoms with Crippen molar-refractivity contribution in [3.8, 4) is 0 Å². The first-order valence-corrected chi connectivity index (χ1v) is 3.89. The van der Waals surface area contributed by atoms with Crippen LogP contribution in [0.4, 0.5) is 0 Å². The van der Waals surface area contributed by atoms with Crippen molar-refractivity contribution in [1.29, 1.82) is 0 Å². The molecule has 0 aromatic rings. The lowest BCUT2D eigenvalue weighted by Crippen LogP contribution is -2.28. The summed E-state index contributed by atoms with van der Waals surface area (Å²) in [4.78, 5) is 12.4. The van der Waals surface area contributed by atoms with Crippen LogP contribution in [0.15, 0.2) is 0 Å². The molecule has 0 heterocycles. The fourth-order valence-corrected chi connectivity index (χ4v) is 0.788. The van der Waals surface area contributed by atoms with Crippen molar-refractivity contribution >= 4 is 5.91 Å². The van der Waals surface area contributed by atoms with E-state index in [2.05, 4.69) is 0 Å². The molecule has 0 aromatic heterocycles. The van der Waals surface area contributed by atoms with Gasteiger partial charge in [-0.2, -0.15) is 0 Å². The average molecular weight is 175 g/mol. The van der Waals surface area contributed by atoms with Crippen LogP contribution in [-0.2, 0) is 14.3 Å². The highest BCUT2D eigenvalue weighted by Crippen LogP contribution is 1.99. The van der Waals surface area contributed by atoms with Crippen molar-refractivity contribution in [2.24, 2.45) is 0 Å². The molecule has 4 heteroatoms. The SMILES string of the molecule is COC(CCN(C)C(C)=O)OC. The van der Waals surface area contributed by atoms with Crippen molar-refractivity contribution in [2.45, 2.75) is 19.6 Å². The summed E-state index contributed by atoms with van der Waals surface area (Å²) in [6.45, 7) is 2.19. The molecule has 0 fully saturated rings. The fraction of sp³-hybridized carbons (Fsp3) is 0.875. The lowest BCUT2D eigenvalue weighted by atomic mass is 10.4. The van der Waals surface area contributed by atoms with E-state index in [1.54, 1.807) is 26.2 Å². The summed E-state index contributed by atoms with van der Waals surface area (Å²) in [5, 5.41) is 0. The Kier molecular flexibility index (Phi) is 5.66. The van der Waals surface area contributed by atoms with E-state index in [4.69, 9.17) is 9.47 Å². The molecule has 0 saturated heterocycles. The molecule has 0 unspecified atom stereocenters. The number of hydrogen-bond donors (Lipinski definition) is 0. The predicted octanol–water partition coefficient (Wildman–Crippen LogP) is 0.474. The highest BCUT2D eigenvalue weighted by Gasteiger charge is 2.08. The largest absolute Gasteiger partial charge is 0.356 e. The zero-order valence-electron chi connectivity index (χ0n) is 8.16. The Morgan fingerprint density at radius 1 is 1.42 bits per heavy atom. The molecule has 0 rings (SSSR count). The number of nitrogens with zero attached hydrogens (tertiary/aromatic N) is 1. The van der Waals surface area contributed by atoms with Crippen LogP contribution in [0.5, 0.6) is 0 Å². The molecule has 0 aromatic carbocycles. The second-order valence-electron chi connectivity index (χ2n) is 2.63. The van der Waals surface area contributed by atoms with Gasteiger partial charge in [0, 0.05) is 41.2 Å². The Morgan fingerprint density at radius 3 is 2.25 bits per heavy atom. The molecule has 12 heavy (non-hydrogen) atoms. The van der Waals surface area contributed by atoms with Crippen LogP contribution in [0.2, 0.25) is 0 Å². The van der Waals surface area contributed by atoms with Gasteiger partial charge in [0.2, 0.25) is 5.91 Å². The minimum absolute atomic E-state index is 0.0564. The van der Waals surface area contributed by atoms with Gasteiger partial charge in [-0.1, -0.05) is 0 Å². The summed E-state index contributed by atoms with van der Waals surface area (Å²) in [6, 6.07) is 0. The topological polar surface area (TPSA) is 38.8 Å². The molecule has 72 valence electrons. The molecular formula is C8H17NO3. The van der Waals surface area contributed by atoms with Gasteiger partial charge in [-0.25, -0.2) is 0 Å². The number of methoxy groups -OCH3 is 2. The van der Waals surface area contributed by atoms with Gasteiger partial charge in [0.1, 0.15) is 0 Å². The van der Waals surface area contributed by atoms with E-state index in [0.29, 0.717) is 13.0 Å². The van der Waals surface area contributed by atoms with Crippen LogP contribution in [0.3, 0.4) is 0 Å². The molecule has 0 spiro atoms. The third-order valence-electron chi connectivity index (χ3n) is 1.76. The van der Waals surface area contributed by atoms with Gasteiger partial charge >= 0.3 is 0 Å². The summed E-state index contributed by atoms with van der Waals surface area (Å²) in [5.74, 6) is 0.0564. The molecule has 0 N–H and O–H groups in total. The Labute approximate surface area is 73.4 Å². The van der Waals surface area contributed by atoms with Crippen LogP contribution in [0.25, 0.3) is 0 Å². The highest BCUT2D eigenvalue weighted by molar-refractivity contribution is 5.72. The fourth-order valence-electron chi connectivity index (χ4n) is 0.788. The summed E-state index contributed by atoms with van der Waals surface area (Å²) >= 11 is 0. The van der Waals surface area contributed by atoms with E-state index >= 15 is 0 Å². The molecule has 0 atom stereocenters. The second-order valence-corrected chi connectivity index (χ2v) is 2.63. The van der Waals surface area contributed by atoms with Gasteiger partial charge in [-0.05, 0) is 0 Å². The molecule has 4 nitrogen and oxygen atoms in total. The summed E-state index contributed by atoms with van der Waals surface area (Å²) < 4.78 is 9.94. The quantitative estimate of drug-likeness (QED) is 0.570. The molecule has 0 aliphatic carbocycles. The van der Waals surface area contributed by atoms with Gasteiger partial charge in [-0.15, -0.1) is 0 Å². The second kappa shape index (κ2) is 5.97. The van der Waals surface area contributed by atoms with Crippen LogP contribution >= 0.6 is 0 Å².